The Labute approximate surface area is 106 Å². The van der Waals surface area contributed by atoms with Crippen molar-refractivity contribution in [3.63, 3.8) is 0 Å². The van der Waals surface area contributed by atoms with E-state index < -0.39 is 0 Å². The van der Waals surface area contributed by atoms with Gasteiger partial charge in [0.15, 0.2) is 0 Å². The summed E-state index contributed by atoms with van der Waals surface area (Å²) >= 11 is 1.96. The van der Waals surface area contributed by atoms with Crippen LogP contribution in [0.2, 0.25) is 0 Å². The lowest BCUT2D eigenvalue weighted by atomic mass is 10.0. The van der Waals surface area contributed by atoms with Crippen molar-refractivity contribution in [2.45, 2.75) is 19.8 Å². The maximum absolute atomic E-state index is 3.38. The van der Waals surface area contributed by atoms with E-state index in [-0.39, 0.29) is 0 Å². The monoisotopic (exact) mass is 243 g/mol. The van der Waals surface area contributed by atoms with Gasteiger partial charge in [-0.25, -0.2) is 0 Å². The second kappa shape index (κ2) is 4.63. The molecular weight excluding hydrogens is 226 g/mol. The number of hydrogen-bond donors (Lipinski definition) is 1. The summed E-state index contributed by atoms with van der Waals surface area (Å²) in [7, 11) is 0. The Hall–Kier alpha value is -1.12. The van der Waals surface area contributed by atoms with Crippen LogP contribution < -0.4 is 5.32 Å². The summed E-state index contributed by atoms with van der Waals surface area (Å²) < 4.78 is 1.43. The highest BCUT2D eigenvalue weighted by Crippen LogP contribution is 2.37. The van der Waals surface area contributed by atoms with Crippen LogP contribution in [-0.2, 0) is 6.42 Å². The lowest BCUT2D eigenvalue weighted by Crippen LogP contribution is -2.20. The van der Waals surface area contributed by atoms with Crippen LogP contribution in [0.5, 0.6) is 0 Å². The number of nitrogens with one attached hydrogen (secondary N) is 1. The quantitative estimate of drug-likeness (QED) is 0.845. The molecule has 0 amide bonds. The molecule has 1 N–H and O–H groups in total. The van der Waals surface area contributed by atoms with Crippen molar-refractivity contribution in [2.24, 2.45) is 0 Å². The minimum Gasteiger partial charge on any atom is -0.313 e. The molecule has 1 aliphatic heterocycles. The summed E-state index contributed by atoms with van der Waals surface area (Å²) in [4.78, 5) is 1.52. The zero-order valence-corrected chi connectivity index (χ0v) is 10.9. The van der Waals surface area contributed by atoms with Gasteiger partial charge in [0.25, 0.3) is 0 Å². The summed E-state index contributed by atoms with van der Waals surface area (Å²) in [6.45, 7) is 4.40. The lowest BCUT2D eigenvalue weighted by molar-refractivity contribution is 0.739. The molecule has 0 radical (unpaired) electrons. The normalized spacial score (nSPS) is 16.2. The molecule has 0 fully saturated rings. The molecule has 1 nitrogen and oxygen atoms in total. The topological polar surface area (TPSA) is 12.0 Å². The van der Waals surface area contributed by atoms with Gasteiger partial charge >= 0.3 is 0 Å². The molecule has 2 aromatic rings. The van der Waals surface area contributed by atoms with Gasteiger partial charge in [0, 0.05) is 16.1 Å². The molecule has 2 heteroatoms. The average molecular weight is 243 g/mol. The Morgan fingerprint density at radius 3 is 2.94 bits per heavy atom. The minimum absolute atomic E-state index is 1.02. The zero-order chi connectivity index (χ0) is 11.7. The van der Waals surface area contributed by atoms with Crippen LogP contribution in [0.4, 0.5) is 0 Å². The average Bonchev–Trinajstić information content (AvgIpc) is 2.78. The molecule has 3 rings (SSSR count). The van der Waals surface area contributed by atoms with Gasteiger partial charge in [0.1, 0.15) is 0 Å². The number of rotatable bonds is 2. The van der Waals surface area contributed by atoms with E-state index in [1.54, 1.807) is 11.1 Å². The number of benzene rings is 1. The first-order chi connectivity index (χ1) is 8.40. The van der Waals surface area contributed by atoms with Gasteiger partial charge in [-0.1, -0.05) is 31.2 Å². The molecule has 0 bridgehead atoms. The van der Waals surface area contributed by atoms with Crippen LogP contribution in [0, 0.1) is 0 Å². The first-order valence-corrected chi connectivity index (χ1v) is 7.12. The molecule has 0 atom stereocenters. The predicted molar refractivity (Wildman–Crippen MR) is 76.7 cm³/mol. The third-order valence-corrected chi connectivity index (χ3v) is 4.70. The van der Waals surface area contributed by atoms with Crippen molar-refractivity contribution in [2.75, 3.05) is 13.1 Å². The Morgan fingerprint density at radius 1 is 1.29 bits per heavy atom. The Bertz CT molecular complexity index is 565. The molecule has 0 spiro atoms. The van der Waals surface area contributed by atoms with E-state index in [9.17, 15) is 0 Å². The molecule has 0 aliphatic carbocycles. The van der Waals surface area contributed by atoms with Crippen LogP contribution in [0.15, 0.2) is 30.3 Å². The first-order valence-electron chi connectivity index (χ1n) is 6.30. The molecule has 1 aliphatic rings. The zero-order valence-electron chi connectivity index (χ0n) is 10.1. The molecule has 2 heterocycles. The predicted octanol–water partition coefficient (Wildman–Crippen LogP) is 3.84. The fraction of sp³-hybridized carbons (Fsp3) is 0.333. The third-order valence-electron chi connectivity index (χ3n) is 3.41. The molecule has 88 valence electrons. The van der Waals surface area contributed by atoms with Gasteiger partial charge in [-0.15, -0.1) is 11.3 Å². The Balaban J connectivity index is 2.18. The van der Waals surface area contributed by atoms with Crippen molar-refractivity contribution in [3.05, 3.63) is 40.8 Å². The summed E-state index contributed by atoms with van der Waals surface area (Å²) in [5, 5.41) is 4.84. The second-order valence-corrected chi connectivity index (χ2v) is 5.50. The summed E-state index contributed by atoms with van der Waals surface area (Å²) in [6, 6.07) is 8.79. The van der Waals surface area contributed by atoms with Crippen LogP contribution in [0.1, 0.15) is 23.8 Å². The van der Waals surface area contributed by atoms with E-state index in [4.69, 9.17) is 0 Å². The van der Waals surface area contributed by atoms with E-state index >= 15 is 0 Å². The van der Waals surface area contributed by atoms with Gasteiger partial charge in [0.2, 0.25) is 0 Å². The van der Waals surface area contributed by atoms with Crippen molar-refractivity contribution in [3.8, 4) is 0 Å². The van der Waals surface area contributed by atoms with E-state index in [0.29, 0.717) is 0 Å². The van der Waals surface area contributed by atoms with E-state index in [2.05, 4.69) is 42.6 Å². The van der Waals surface area contributed by atoms with Crippen LogP contribution in [0.3, 0.4) is 0 Å². The minimum atomic E-state index is 1.02. The van der Waals surface area contributed by atoms with E-state index in [1.165, 1.54) is 21.4 Å². The summed E-state index contributed by atoms with van der Waals surface area (Å²) in [6.07, 6.45) is 4.65. The van der Waals surface area contributed by atoms with Crippen LogP contribution >= 0.6 is 11.3 Å². The maximum Gasteiger partial charge on any atom is 0.0352 e. The van der Waals surface area contributed by atoms with Crippen molar-refractivity contribution >= 4 is 27.0 Å². The third kappa shape index (κ3) is 1.92. The highest BCUT2D eigenvalue weighted by atomic mass is 32.1. The lowest BCUT2D eigenvalue weighted by Gasteiger charge is -2.14. The van der Waals surface area contributed by atoms with Gasteiger partial charge in [-0.05, 0) is 42.0 Å². The molecule has 1 aromatic heterocycles. The molecule has 0 unspecified atom stereocenters. The van der Waals surface area contributed by atoms with Gasteiger partial charge in [-0.2, -0.15) is 0 Å². The molecule has 17 heavy (non-hydrogen) atoms. The number of hydrogen-bond acceptors (Lipinski definition) is 2. The van der Waals surface area contributed by atoms with Gasteiger partial charge in [-0.3, -0.25) is 0 Å². The largest absolute Gasteiger partial charge is 0.313 e. The van der Waals surface area contributed by atoms with Crippen LogP contribution in [0.25, 0.3) is 15.7 Å². The van der Waals surface area contributed by atoms with Gasteiger partial charge in [0.05, 0.1) is 0 Å². The smallest absolute Gasteiger partial charge is 0.0352 e. The van der Waals surface area contributed by atoms with Crippen LogP contribution in [-0.4, -0.2) is 13.1 Å². The van der Waals surface area contributed by atoms with Crippen molar-refractivity contribution < 1.29 is 0 Å². The SMILES string of the molecule is CCc1c(C2=CCNCC2)sc2ccccc12. The molecular formula is C15H17NS. The number of fused-ring (bicyclic) bond motifs is 1. The van der Waals surface area contributed by atoms with Gasteiger partial charge < -0.3 is 5.32 Å². The molecule has 1 aromatic carbocycles. The Kier molecular flexibility index (Phi) is 3.00. The maximum atomic E-state index is 3.38. The summed E-state index contributed by atoms with van der Waals surface area (Å²) in [5.74, 6) is 0. The van der Waals surface area contributed by atoms with Crippen molar-refractivity contribution in [1.29, 1.82) is 0 Å². The van der Waals surface area contributed by atoms with E-state index in [1.807, 2.05) is 11.3 Å². The first kappa shape index (κ1) is 11.0. The highest BCUT2D eigenvalue weighted by Gasteiger charge is 2.14. The second-order valence-electron chi connectivity index (χ2n) is 4.44. The number of thiophene rings is 1. The van der Waals surface area contributed by atoms with E-state index in [0.717, 1.165) is 19.5 Å². The fourth-order valence-corrected chi connectivity index (χ4v) is 3.90. The standard InChI is InChI=1S/C15H17NS/c1-2-12-13-5-3-4-6-14(13)17-15(12)11-7-9-16-10-8-11/h3-7,16H,2,8-10H2,1H3. The number of aryl methyl sites for hydroxylation is 1. The highest BCUT2D eigenvalue weighted by molar-refractivity contribution is 7.20. The van der Waals surface area contributed by atoms with Crippen molar-refractivity contribution in [1.82, 2.24) is 5.32 Å². The molecule has 0 saturated carbocycles. The molecule has 0 saturated heterocycles. The Morgan fingerprint density at radius 2 is 2.18 bits per heavy atom. The fourth-order valence-electron chi connectivity index (χ4n) is 2.54. The summed E-state index contributed by atoms with van der Waals surface area (Å²) in [5.41, 5.74) is 3.08.